The van der Waals surface area contributed by atoms with Crippen LogP contribution >= 0.6 is 0 Å². The normalized spacial score (nSPS) is 22.2. The van der Waals surface area contributed by atoms with Crippen molar-refractivity contribution in [2.45, 2.75) is 38.3 Å². The van der Waals surface area contributed by atoms with Crippen LogP contribution in [0.2, 0.25) is 0 Å². The Morgan fingerprint density at radius 2 is 2.19 bits per heavy atom. The van der Waals surface area contributed by atoms with Crippen LogP contribution in [0.1, 0.15) is 36.9 Å². The van der Waals surface area contributed by atoms with Crippen LogP contribution in [0.3, 0.4) is 0 Å². The number of benzene rings is 1. The Morgan fingerprint density at radius 1 is 1.44 bits per heavy atom. The molecule has 1 saturated heterocycles. The Hall–Kier alpha value is -0.900. The van der Waals surface area contributed by atoms with Crippen molar-refractivity contribution in [3.63, 3.8) is 0 Å². The number of ether oxygens (including phenoxy) is 1. The standard InChI is InChI=1S/C13H20N2O/c1-2-10-5-7-11(8-6-10)13(15-14)12-4-3-9-16-12/h5-8,12-13,15H,2-4,9,14H2,1H3. The largest absolute Gasteiger partial charge is 0.376 e. The highest BCUT2D eigenvalue weighted by Crippen LogP contribution is 2.26. The van der Waals surface area contributed by atoms with Crippen LogP contribution in [0, 0.1) is 0 Å². The smallest absolute Gasteiger partial charge is 0.0783 e. The predicted octanol–water partition coefficient (Wildman–Crippen LogP) is 1.93. The first-order chi connectivity index (χ1) is 7.85. The Balaban J connectivity index is 2.12. The minimum atomic E-state index is 0.119. The van der Waals surface area contributed by atoms with E-state index in [1.54, 1.807) is 0 Å². The molecule has 88 valence electrons. The number of aryl methyl sites for hydroxylation is 1. The van der Waals surface area contributed by atoms with Gasteiger partial charge in [-0.3, -0.25) is 11.3 Å². The molecule has 0 amide bonds. The Bertz CT molecular complexity index is 317. The van der Waals surface area contributed by atoms with Crippen LogP contribution in [-0.2, 0) is 11.2 Å². The number of hydrogen-bond donors (Lipinski definition) is 2. The SMILES string of the molecule is CCc1ccc(C(NN)C2CCCO2)cc1. The first-order valence-electron chi connectivity index (χ1n) is 6.01. The second-order valence-corrected chi connectivity index (χ2v) is 4.29. The van der Waals surface area contributed by atoms with Crippen LogP contribution in [-0.4, -0.2) is 12.7 Å². The van der Waals surface area contributed by atoms with Crippen LogP contribution in [0.25, 0.3) is 0 Å². The van der Waals surface area contributed by atoms with Gasteiger partial charge in [-0.25, -0.2) is 0 Å². The van der Waals surface area contributed by atoms with E-state index in [1.165, 1.54) is 11.1 Å². The van der Waals surface area contributed by atoms with Gasteiger partial charge in [0.1, 0.15) is 0 Å². The maximum atomic E-state index is 5.67. The molecule has 0 aliphatic carbocycles. The molecule has 1 aromatic rings. The van der Waals surface area contributed by atoms with Gasteiger partial charge in [0.05, 0.1) is 12.1 Å². The fraction of sp³-hybridized carbons (Fsp3) is 0.538. The number of nitrogens with one attached hydrogen (secondary N) is 1. The van der Waals surface area contributed by atoms with Crippen LogP contribution in [0.15, 0.2) is 24.3 Å². The van der Waals surface area contributed by atoms with Gasteiger partial charge in [-0.05, 0) is 30.4 Å². The van der Waals surface area contributed by atoms with Crippen LogP contribution in [0.5, 0.6) is 0 Å². The number of rotatable bonds is 4. The molecule has 3 nitrogen and oxygen atoms in total. The average Bonchev–Trinajstić information content (AvgIpc) is 2.85. The topological polar surface area (TPSA) is 47.3 Å². The van der Waals surface area contributed by atoms with E-state index in [0.29, 0.717) is 0 Å². The summed E-state index contributed by atoms with van der Waals surface area (Å²) in [5.74, 6) is 5.63. The first-order valence-corrected chi connectivity index (χ1v) is 6.01. The summed E-state index contributed by atoms with van der Waals surface area (Å²) in [4.78, 5) is 0. The fourth-order valence-electron chi connectivity index (χ4n) is 2.24. The summed E-state index contributed by atoms with van der Waals surface area (Å²) in [5.41, 5.74) is 5.44. The van der Waals surface area contributed by atoms with E-state index in [2.05, 4.69) is 36.6 Å². The molecule has 0 bridgehead atoms. The van der Waals surface area contributed by atoms with Crippen molar-refractivity contribution < 1.29 is 4.74 Å². The summed E-state index contributed by atoms with van der Waals surface area (Å²) in [6, 6.07) is 8.73. The Morgan fingerprint density at radius 3 is 2.69 bits per heavy atom. The van der Waals surface area contributed by atoms with E-state index in [4.69, 9.17) is 10.6 Å². The molecule has 1 aromatic carbocycles. The van der Waals surface area contributed by atoms with E-state index in [-0.39, 0.29) is 12.1 Å². The van der Waals surface area contributed by atoms with Gasteiger partial charge in [0.2, 0.25) is 0 Å². The number of nitrogens with two attached hydrogens (primary N) is 1. The summed E-state index contributed by atoms with van der Waals surface area (Å²) in [6.45, 7) is 3.02. The monoisotopic (exact) mass is 220 g/mol. The minimum absolute atomic E-state index is 0.119. The van der Waals surface area contributed by atoms with Crippen molar-refractivity contribution >= 4 is 0 Å². The molecule has 1 aliphatic rings. The zero-order valence-electron chi connectivity index (χ0n) is 9.78. The van der Waals surface area contributed by atoms with E-state index in [0.717, 1.165) is 25.9 Å². The van der Waals surface area contributed by atoms with E-state index >= 15 is 0 Å². The van der Waals surface area contributed by atoms with Gasteiger partial charge in [0.25, 0.3) is 0 Å². The molecule has 3 heteroatoms. The zero-order chi connectivity index (χ0) is 11.4. The minimum Gasteiger partial charge on any atom is -0.376 e. The predicted molar refractivity (Wildman–Crippen MR) is 64.9 cm³/mol. The number of hydrogen-bond acceptors (Lipinski definition) is 3. The van der Waals surface area contributed by atoms with Crippen molar-refractivity contribution in [3.8, 4) is 0 Å². The molecular weight excluding hydrogens is 200 g/mol. The highest BCUT2D eigenvalue weighted by molar-refractivity contribution is 5.25. The van der Waals surface area contributed by atoms with E-state index in [9.17, 15) is 0 Å². The molecule has 2 atom stereocenters. The van der Waals surface area contributed by atoms with Crippen LogP contribution in [0.4, 0.5) is 0 Å². The summed E-state index contributed by atoms with van der Waals surface area (Å²) in [7, 11) is 0. The molecule has 0 radical (unpaired) electrons. The quantitative estimate of drug-likeness (QED) is 0.602. The highest BCUT2D eigenvalue weighted by atomic mass is 16.5. The van der Waals surface area contributed by atoms with Crippen molar-refractivity contribution in [1.29, 1.82) is 0 Å². The third kappa shape index (κ3) is 2.43. The lowest BCUT2D eigenvalue weighted by molar-refractivity contribution is 0.0783. The maximum Gasteiger partial charge on any atom is 0.0783 e. The third-order valence-electron chi connectivity index (χ3n) is 3.26. The fourth-order valence-corrected chi connectivity index (χ4v) is 2.24. The van der Waals surface area contributed by atoms with Gasteiger partial charge < -0.3 is 4.74 Å². The summed E-state index contributed by atoms with van der Waals surface area (Å²) < 4.78 is 5.67. The second-order valence-electron chi connectivity index (χ2n) is 4.29. The molecular formula is C13H20N2O. The van der Waals surface area contributed by atoms with Gasteiger partial charge >= 0.3 is 0 Å². The highest BCUT2D eigenvalue weighted by Gasteiger charge is 2.26. The average molecular weight is 220 g/mol. The van der Waals surface area contributed by atoms with Gasteiger partial charge in [0, 0.05) is 6.61 Å². The second kappa shape index (κ2) is 5.43. The van der Waals surface area contributed by atoms with Crippen molar-refractivity contribution in [2.24, 2.45) is 5.84 Å². The summed E-state index contributed by atoms with van der Waals surface area (Å²) >= 11 is 0. The molecule has 2 unspecified atom stereocenters. The number of hydrazine groups is 1. The maximum absolute atomic E-state index is 5.67. The first kappa shape index (κ1) is 11.6. The lowest BCUT2D eigenvalue weighted by Gasteiger charge is -2.22. The molecule has 1 heterocycles. The van der Waals surface area contributed by atoms with Gasteiger partial charge in [-0.2, -0.15) is 0 Å². The molecule has 2 rings (SSSR count). The van der Waals surface area contributed by atoms with Gasteiger partial charge in [-0.15, -0.1) is 0 Å². The lowest BCUT2D eigenvalue weighted by atomic mass is 9.98. The molecule has 1 aliphatic heterocycles. The Kier molecular flexibility index (Phi) is 3.93. The molecule has 0 spiro atoms. The third-order valence-corrected chi connectivity index (χ3v) is 3.26. The van der Waals surface area contributed by atoms with Crippen molar-refractivity contribution in [2.75, 3.05) is 6.61 Å². The summed E-state index contributed by atoms with van der Waals surface area (Å²) in [5, 5.41) is 0. The zero-order valence-corrected chi connectivity index (χ0v) is 9.78. The van der Waals surface area contributed by atoms with Crippen molar-refractivity contribution in [1.82, 2.24) is 5.43 Å². The Labute approximate surface area is 97.0 Å². The van der Waals surface area contributed by atoms with E-state index < -0.39 is 0 Å². The molecule has 1 fully saturated rings. The van der Waals surface area contributed by atoms with E-state index in [1.807, 2.05) is 0 Å². The molecule has 0 aromatic heterocycles. The van der Waals surface area contributed by atoms with Crippen molar-refractivity contribution in [3.05, 3.63) is 35.4 Å². The molecule has 16 heavy (non-hydrogen) atoms. The van der Waals surface area contributed by atoms with Crippen LogP contribution < -0.4 is 11.3 Å². The summed E-state index contributed by atoms with van der Waals surface area (Å²) in [6.07, 6.45) is 3.51. The molecule has 0 saturated carbocycles. The molecule has 3 N–H and O–H groups in total. The van der Waals surface area contributed by atoms with Gasteiger partial charge in [-0.1, -0.05) is 31.2 Å². The van der Waals surface area contributed by atoms with Gasteiger partial charge in [0.15, 0.2) is 0 Å². The lowest BCUT2D eigenvalue weighted by Crippen LogP contribution is -2.36.